The minimum atomic E-state index is -4.64. The Morgan fingerprint density at radius 1 is 1.11 bits per heavy atom. The van der Waals surface area contributed by atoms with Crippen LogP contribution in [0, 0.1) is 11.8 Å². The number of hydrogen-bond donors (Lipinski definition) is 2. The maximum absolute atomic E-state index is 13.7. The maximum atomic E-state index is 13.7. The second kappa shape index (κ2) is 10.3. The van der Waals surface area contributed by atoms with Crippen molar-refractivity contribution in [3.05, 3.63) is 77.6 Å². The Morgan fingerprint density at radius 3 is 2.56 bits per heavy atom. The third kappa shape index (κ3) is 5.64. The topological polar surface area (TPSA) is 101 Å². The number of carbonyl (C=O) groups excluding carboxylic acids is 2. The highest BCUT2D eigenvalue weighted by atomic mass is 19.4. The average molecular weight is 498 g/mol. The molecule has 1 heterocycles. The van der Waals surface area contributed by atoms with E-state index in [-0.39, 0.29) is 29.9 Å². The van der Waals surface area contributed by atoms with E-state index < -0.39 is 23.6 Å². The van der Waals surface area contributed by atoms with Crippen LogP contribution in [0.1, 0.15) is 40.9 Å². The van der Waals surface area contributed by atoms with E-state index >= 15 is 0 Å². The number of benzene rings is 2. The van der Waals surface area contributed by atoms with Gasteiger partial charge in [-0.15, -0.1) is 0 Å². The zero-order chi connectivity index (χ0) is 25.9. The molecule has 1 aliphatic rings. The number of aromatic nitrogens is 2. The molecule has 1 aromatic heterocycles. The lowest BCUT2D eigenvalue weighted by molar-refractivity contribution is -0.138. The Morgan fingerprint density at radius 2 is 1.86 bits per heavy atom. The molecule has 188 valence electrons. The molecule has 3 aromatic rings. The molecule has 0 aliphatic heterocycles. The zero-order valence-corrected chi connectivity index (χ0v) is 19.6. The summed E-state index contributed by atoms with van der Waals surface area (Å²) in [5, 5.41) is 2.90. The van der Waals surface area contributed by atoms with Crippen LogP contribution in [-0.2, 0) is 17.4 Å². The average Bonchev–Trinajstić information content (AvgIpc) is 3.32. The summed E-state index contributed by atoms with van der Waals surface area (Å²) in [6, 6.07) is 15.7. The normalized spacial score (nSPS) is 17.6. The number of rotatable bonds is 7. The number of anilines is 3. The number of carbonyl (C=O) groups is 2. The van der Waals surface area contributed by atoms with E-state index in [0.717, 1.165) is 18.3 Å². The van der Waals surface area contributed by atoms with Crippen LogP contribution in [0.2, 0.25) is 0 Å². The molecule has 1 aliphatic carbocycles. The molecule has 1 fully saturated rings. The Hall–Kier alpha value is -3.95. The Kier molecular flexibility index (Phi) is 7.23. The van der Waals surface area contributed by atoms with Gasteiger partial charge in [-0.05, 0) is 55.5 Å². The molecule has 1 saturated carbocycles. The lowest BCUT2D eigenvalue weighted by Gasteiger charge is -2.19. The third-order valence-corrected chi connectivity index (χ3v) is 6.47. The summed E-state index contributed by atoms with van der Waals surface area (Å²) < 4.78 is 41.0. The highest BCUT2D eigenvalue weighted by Crippen LogP contribution is 2.38. The van der Waals surface area contributed by atoms with Gasteiger partial charge in [-0.3, -0.25) is 9.59 Å². The van der Waals surface area contributed by atoms with E-state index in [1.807, 2.05) is 30.3 Å². The highest BCUT2D eigenvalue weighted by molar-refractivity contribution is 6.06. The number of nitrogens with zero attached hydrogens (tertiary/aromatic N) is 3. The molecule has 2 atom stereocenters. The Labute approximate surface area is 206 Å². The van der Waals surface area contributed by atoms with Crippen molar-refractivity contribution in [1.82, 2.24) is 9.97 Å². The van der Waals surface area contributed by atoms with Gasteiger partial charge in [0.1, 0.15) is 0 Å². The van der Waals surface area contributed by atoms with Gasteiger partial charge in [0, 0.05) is 36.1 Å². The molecule has 0 saturated heterocycles. The van der Waals surface area contributed by atoms with Gasteiger partial charge < -0.3 is 16.0 Å². The summed E-state index contributed by atoms with van der Waals surface area (Å²) in [6.45, 7) is 0. The predicted molar refractivity (Wildman–Crippen MR) is 130 cm³/mol. The van der Waals surface area contributed by atoms with Gasteiger partial charge in [-0.25, -0.2) is 9.97 Å². The monoisotopic (exact) mass is 497 g/mol. The van der Waals surface area contributed by atoms with E-state index in [1.165, 1.54) is 4.90 Å². The van der Waals surface area contributed by atoms with Crippen molar-refractivity contribution in [3.63, 3.8) is 0 Å². The quantitative estimate of drug-likeness (QED) is 0.481. The van der Waals surface area contributed by atoms with Crippen LogP contribution >= 0.6 is 0 Å². The van der Waals surface area contributed by atoms with E-state index in [9.17, 15) is 22.8 Å². The minimum absolute atomic E-state index is 0.0277. The van der Waals surface area contributed by atoms with Gasteiger partial charge in [0.25, 0.3) is 5.91 Å². The van der Waals surface area contributed by atoms with Gasteiger partial charge in [0.15, 0.2) is 0 Å². The molecule has 0 bridgehead atoms. The molecule has 3 N–H and O–H groups in total. The van der Waals surface area contributed by atoms with Crippen molar-refractivity contribution in [2.75, 3.05) is 17.3 Å². The smallest absolute Gasteiger partial charge is 0.369 e. The SMILES string of the molecule is CN(C(=O)c1cccc(Nc2ncc(C(F)(F)F)c(C[C@@H]3CCC[C@@H]3C(N)=O)n2)c1)c1ccccc1. The fraction of sp³-hybridized carbons (Fsp3) is 0.308. The third-order valence-electron chi connectivity index (χ3n) is 6.47. The summed E-state index contributed by atoms with van der Waals surface area (Å²) in [6.07, 6.45) is -2.01. The first-order valence-electron chi connectivity index (χ1n) is 11.6. The highest BCUT2D eigenvalue weighted by Gasteiger charge is 2.38. The summed E-state index contributed by atoms with van der Waals surface area (Å²) in [5.74, 6) is -1.56. The summed E-state index contributed by atoms with van der Waals surface area (Å²) in [7, 11) is 1.66. The number of nitrogens with one attached hydrogen (secondary N) is 1. The number of primary amides is 1. The van der Waals surface area contributed by atoms with Crippen molar-refractivity contribution in [3.8, 4) is 0 Å². The molecule has 7 nitrogen and oxygen atoms in total. The maximum Gasteiger partial charge on any atom is 0.419 e. The molecule has 0 radical (unpaired) electrons. The fourth-order valence-electron chi connectivity index (χ4n) is 4.60. The van der Waals surface area contributed by atoms with E-state index in [0.29, 0.717) is 24.1 Å². The van der Waals surface area contributed by atoms with Crippen molar-refractivity contribution in [2.24, 2.45) is 17.6 Å². The number of nitrogens with two attached hydrogens (primary N) is 1. The Balaban J connectivity index is 1.57. The lowest BCUT2D eigenvalue weighted by Crippen LogP contribution is -2.28. The van der Waals surface area contributed by atoms with Crippen molar-refractivity contribution < 1.29 is 22.8 Å². The van der Waals surface area contributed by atoms with Crippen LogP contribution in [0.4, 0.5) is 30.5 Å². The number of hydrogen-bond acceptors (Lipinski definition) is 5. The molecule has 0 unspecified atom stereocenters. The minimum Gasteiger partial charge on any atom is -0.369 e. The number of halogens is 3. The fourth-order valence-corrected chi connectivity index (χ4v) is 4.60. The summed E-state index contributed by atoms with van der Waals surface area (Å²) in [5.41, 5.74) is 5.89. The van der Waals surface area contributed by atoms with Crippen molar-refractivity contribution in [1.29, 1.82) is 0 Å². The lowest BCUT2D eigenvalue weighted by atomic mass is 9.90. The van der Waals surface area contributed by atoms with Gasteiger partial charge in [0.2, 0.25) is 11.9 Å². The number of amides is 2. The number of alkyl halides is 3. The molecule has 10 heteroatoms. The van der Waals surface area contributed by atoms with Crippen LogP contribution in [0.25, 0.3) is 0 Å². The summed E-state index contributed by atoms with van der Waals surface area (Å²) >= 11 is 0. The van der Waals surface area contributed by atoms with Gasteiger partial charge in [-0.1, -0.05) is 30.7 Å². The van der Waals surface area contributed by atoms with Gasteiger partial charge >= 0.3 is 6.18 Å². The van der Waals surface area contributed by atoms with E-state index in [2.05, 4.69) is 15.3 Å². The Bertz CT molecular complexity index is 1250. The van der Waals surface area contributed by atoms with Crippen LogP contribution in [-0.4, -0.2) is 28.8 Å². The molecule has 4 rings (SSSR count). The van der Waals surface area contributed by atoms with Gasteiger partial charge in [-0.2, -0.15) is 13.2 Å². The summed E-state index contributed by atoms with van der Waals surface area (Å²) in [4.78, 5) is 34.2. The molecular formula is C26H26F3N5O2. The van der Waals surface area contributed by atoms with Gasteiger partial charge in [0.05, 0.1) is 11.3 Å². The predicted octanol–water partition coefficient (Wildman–Crippen LogP) is 4.96. The first-order valence-corrected chi connectivity index (χ1v) is 11.6. The van der Waals surface area contributed by atoms with E-state index in [1.54, 1.807) is 31.3 Å². The zero-order valence-electron chi connectivity index (χ0n) is 19.6. The molecule has 2 aromatic carbocycles. The second-order valence-corrected chi connectivity index (χ2v) is 8.86. The number of para-hydroxylation sites is 1. The van der Waals surface area contributed by atoms with Crippen molar-refractivity contribution in [2.45, 2.75) is 31.9 Å². The molecule has 0 spiro atoms. The molecule has 2 amide bonds. The van der Waals surface area contributed by atoms with Crippen LogP contribution in [0.3, 0.4) is 0 Å². The van der Waals surface area contributed by atoms with Crippen molar-refractivity contribution >= 4 is 29.1 Å². The first-order chi connectivity index (χ1) is 17.1. The molecule has 36 heavy (non-hydrogen) atoms. The van der Waals surface area contributed by atoms with Crippen LogP contribution < -0.4 is 16.0 Å². The largest absolute Gasteiger partial charge is 0.419 e. The standard InChI is InChI=1S/C26H26F3N5O2/c1-34(19-10-3-2-4-11-19)24(36)17-8-5-9-18(13-17)32-25-31-15-21(26(27,28)29)22(33-25)14-16-7-6-12-20(16)23(30)35/h2-5,8-11,13,15-16,20H,6-7,12,14H2,1H3,(H2,30,35)(H,31,32,33)/t16-,20-/m0/s1. The van der Waals surface area contributed by atoms with Crippen LogP contribution in [0.15, 0.2) is 60.8 Å². The molecular weight excluding hydrogens is 471 g/mol. The van der Waals surface area contributed by atoms with Crippen LogP contribution in [0.5, 0.6) is 0 Å². The van der Waals surface area contributed by atoms with E-state index in [4.69, 9.17) is 5.73 Å². The second-order valence-electron chi connectivity index (χ2n) is 8.86. The first kappa shape index (κ1) is 25.2.